The number of rotatable bonds is 7. The Bertz CT molecular complexity index is 395. The topological polar surface area (TPSA) is 43.4 Å². The van der Waals surface area contributed by atoms with Gasteiger partial charge >= 0.3 is 0 Å². The lowest BCUT2D eigenvalue weighted by atomic mass is 9.81. The highest BCUT2D eigenvalue weighted by Gasteiger charge is 2.34. The summed E-state index contributed by atoms with van der Waals surface area (Å²) in [7, 11) is 1.73. The molecule has 0 bridgehead atoms. The van der Waals surface area contributed by atoms with Gasteiger partial charge in [-0.2, -0.15) is 0 Å². The molecule has 0 amide bonds. The molecule has 1 aromatic rings. The second-order valence-electron chi connectivity index (χ2n) is 5.16. The smallest absolute Gasteiger partial charge is 0.0587 e. The fourth-order valence-electron chi connectivity index (χ4n) is 2.50. The summed E-state index contributed by atoms with van der Waals surface area (Å²) < 4.78 is 11.7. The van der Waals surface area contributed by atoms with Crippen LogP contribution in [-0.2, 0) is 15.9 Å². The van der Waals surface area contributed by atoms with E-state index < -0.39 is 0 Å². The molecule has 1 saturated heterocycles. The van der Waals surface area contributed by atoms with Gasteiger partial charge in [0.15, 0.2) is 0 Å². The zero-order valence-corrected chi connectivity index (χ0v) is 12.9. The Kier molecular flexibility index (Phi) is 5.76. The predicted octanol–water partition coefficient (Wildman–Crippen LogP) is 2.03. The molecule has 0 radical (unpaired) electrons. The monoisotopic (exact) mass is 328 g/mol. The van der Waals surface area contributed by atoms with Crippen molar-refractivity contribution >= 4 is 15.9 Å². The van der Waals surface area contributed by atoms with E-state index in [1.807, 2.05) is 12.4 Å². The second-order valence-corrected chi connectivity index (χ2v) is 6.08. The minimum absolute atomic E-state index is 0.191. The average molecular weight is 329 g/mol. The number of nitrogens with one attached hydrogen (secondary N) is 1. The van der Waals surface area contributed by atoms with E-state index in [0.717, 1.165) is 50.2 Å². The zero-order chi connectivity index (χ0) is 13.6. The van der Waals surface area contributed by atoms with Crippen LogP contribution in [0.5, 0.6) is 0 Å². The van der Waals surface area contributed by atoms with Crippen molar-refractivity contribution in [1.82, 2.24) is 10.3 Å². The van der Waals surface area contributed by atoms with Crippen molar-refractivity contribution in [2.45, 2.75) is 12.8 Å². The standard InChI is InChI=1S/C14H21BrN2O2/c1-18-5-3-16-10-14(2-4-19-11-14)7-12-6-13(15)9-17-8-12/h6,8-9,16H,2-5,7,10-11H2,1H3. The molecule has 5 heteroatoms. The number of nitrogens with zero attached hydrogens (tertiary/aromatic N) is 1. The third kappa shape index (κ3) is 4.53. The van der Waals surface area contributed by atoms with Gasteiger partial charge in [-0.3, -0.25) is 4.98 Å². The van der Waals surface area contributed by atoms with Crippen molar-refractivity contribution in [3.63, 3.8) is 0 Å². The van der Waals surface area contributed by atoms with Gasteiger partial charge in [0, 0.05) is 49.1 Å². The van der Waals surface area contributed by atoms with E-state index in [-0.39, 0.29) is 5.41 Å². The molecule has 1 fully saturated rings. The summed E-state index contributed by atoms with van der Waals surface area (Å²) in [6.45, 7) is 4.26. The van der Waals surface area contributed by atoms with E-state index >= 15 is 0 Å². The number of pyridine rings is 1. The molecular weight excluding hydrogens is 308 g/mol. The van der Waals surface area contributed by atoms with Crippen LogP contribution >= 0.6 is 15.9 Å². The van der Waals surface area contributed by atoms with Crippen molar-refractivity contribution < 1.29 is 9.47 Å². The summed E-state index contributed by atoms with van der Waals surface area (Å²) in [4.78, 5) is 4.24. The van der Waals surface area contributed by atoms with Crippen molar-refractivity contribution in [3.8, 4) is 0 Å². The first kappa shape index (κ1) is 14.9. The number of methoxy groups -OCH3 is 1. The fourth-order valence-corrected chi connectivity index (χ4v) is 2.92. The van der Waals surface area contributed by atoms with Crippen molar-refractivity contribution in [3.05, 3.63) is 28.5 Å². The molecule has 1 atom stereocenters. The summed E-state index contributed by atoms with van der Waals surface area (Å²) in [6, 6.07) is 2.14. The highest BCUT2D eigenvalue weighted by molar-refractivity contribution is 9.10. The molecule has 1 unspecified atom stereocenters. The lowest BCUT2D eigenvalue weighted by molar-refractivity contribution is 0.145. The molecular formula is C14H21BrN2O2. The molecule has 0 spiro atoms. The molecule has 0 saturated carbocycles. The first-order valence-corrected chi connectivity index (χ1v) is 7.40. The van der Waals surface area contributed by atoms with E-state index in [4.69, 9.17) is 9.47 Å². The molecule has 2 heterocycles. The summed E-state index contributed by atoms with van der Waals surface area (Å²) in [5.41, 5.74) is 1.45. The molecule has 0 aromatic carbocycles. The highest BCUT2D eigenvalue weighted by atomic mass is 79.9. The lowest BCUT2D eigenvalue weighted by Crippen LogP contribution is -2.38. The Labute approximate surface area is 123 Å². The van der Waals surface area contributed by atoms with Gasteiger partial charge in [-0.05, 0) is 40.4 Å². The zero-order valence-electron chi connectivity index (χ0n) is 11.3. The summed E-state index contributed by atoms with van der Waals surface area (Å²) in [5, 5.41) is 3.47. The molecule has 1 N–H and O–H groups in total. The number of halogens is 1. The Hall–Kier alpha value is -0.490. The van der Waals surface area contributed by atoms with Crippen molar-refractivity contribution in [1.29, 1.82) is 0 Å². The third-order valence-corrected chi connectivity index (χ3v) is 3.94. The minimum Gasteiger partial charge on any atom is -0.383 e. The van der Waals surface area contributed by atoms with Gasteiger partial charge in [0.1, 0.15) is 0 Å². The number of aromatic nitrogens is 1. The van der Waals surface area contributed by atoms with Gasteiger partial charge in [-0.15, -0.1) is 0 Å². The van der Waals surface area contributed by atoms with E-state index in [1.54, 1.807) is 7.11 Å². The molecule has 1 aromatic heterocycles. The molecule has 1 aliphatic heterocycles. The summed E-state index contributed by atoms with van der Waals surface area (Å²) in [6.07, 6.45) is 5.86. The SMILES string of the molecule is COCCNCC1(Cc2cncc(Br)c2)CCOC1. The first-order chi connectivity index (χ1) is 9.24. The predicted molar refractivity (Wildman–Crippen MR) is 78.3 cm³/mol. The molecule has 106 valence electrons. The van der Waals surface area contributed by atoms with E-state index in [2.05, 4.69) is 32.3 Å². The van der Waals surface area contributed by atoms with Crippen LogP contribution in [0.3, 0.4) is 0 Å². The fraction of sp³-hybridized carbons (Fsp3) is 0.643. The Morgan fingerprint density at radius 2 is 2.42 bits per heavy atom. The average Bonchev–Trinajstić information content (AvgIpc) is 2.84. The van der Waals surface area contributed by atoms with Gasteiger partial charge in [-0.1, -0.05) is 0 Å². The second kappa shape index (κ2) is 7.33. The molecule has 0 aliphatic carbocycles. The third-order valence-electron chi connectivity index (χ3n) is 3.51. The number of hydrogen-bond donors (Lipinski definition) is 1. The molecule has 1 aliphatic rings. The first-order valence-electron chi connectivity index (χ1n) is 6.61. The maximum absolute atomic E-state index is 5.62. The molecule has 4 nitrogen and oxygen atoms in total. The number of hydrogen-bond acceptors (Lipinski definition) is 4. The molecule has 2 rings (SSSR count). The highest BCUT2D eigenvalue weighted by Crippen LogP contribution is 2.32. The van der Waals surface area contributed by atoms with Crippen LogP contribution in [0.15, 0.2) is 22.9 Å². The minimum atomic E-state index is 0.191. The maximum Gasteiger partial charge on any atom is 0.0587 e. The quantitative estimate of drug-likeness (QED) is 0.778. The van der Waals surface area contributed by atoms with Crippen LogP contribution in [0.1, 0.15) is 12.0 Å². The van der Waals surface area contributed by atoms with Gasteiger partial charge in [0.05, 0.1) is 13.2 Å². The lowest BCUT2D eigenvalue weighted by Gasteiger charge is -2.28. The molecule has 19 heavy (non-hydrogen) atoms. The van der Waals surface area contributed by atoms with Gasteiger partial charge < -0.3 is 14.8 Å². The van der Waals surface area contributed by atoms with Crippen LogP contribution in [-0.4, -0.2) is 45.0 Å². The normalized spacial score (nSPS) is 22.8. The van der Waals surface area contributed by atoms with Gasteiger partial charge in [0.2, 0.25) is 0 Å². The summed E-state index contributed by atoms with van der Waals surface area (Å²) in [5.74, 6) is 0. The van der Waals surface area contributed by atoms with E-state index in [0.29, 0.717) is 0 Å². The van der Waals surface area contributed by atoms with Crippen molar-refractivity contribution in [2.75, 3.05) is 40.0 Å². The van der Waals surface area contributed by atoms with E-state index in [9.17, 15) is 0 Å². The largest absolute Gasteiger partial charge is 0.383 e. The van der Waals surface area contributed by atoms with Crippen LogP contribution in [0.4, 0.5) is 0 Å². The van der Waals surface area contributed by atoms with Crippen LogP contribution in [0, 0.1) is 5.41 Å². The van der Waals surface area contributed by atoms with Crippen LogP contribution < -0.4 is 5.32 Å². The van der Waals surface area contributed by atoms with Gasteiger partial charge in [0.25, 0.3) is 0 Å². The van der Waals surface area contributed by atoms with Gasteiger partial charge in [-0.25, -0.2) is 0 Å². The Balaban J connectivity index is 1.95. The summed E-state index contributed by atoms with van der Waals surface area (Å²) >= 11 is 3.48. The Morgan fingerprint density at radius 1 is 1.53 bits per heavy atom. The van der Waals surface area contributed by atoms with Crippen LogP contribution in [0.25, 0.3) is 0 Å². The Morgan fingerprint density at radius 3 is 3.11 bits per heavy atom. The maximum atomic E-state index is 5.62. The van der Waals surface area contributed by atoms with E-state index in [1.165, 1.54) is 5.56 Å². The number of ether oxygens (including phenoxy) is 2. The van der Waals surface area contributed by atoms with Crippen molar-refractivity contribution in [2.24, 2.45) is 5.41 Å². The van der Waals surface area contributed by atoms with Crippen LogP contribution in [0.2, 0.25) is 0 Å².